The van der Waals surface area contributed by atoms with Gasteiger partial charge >= 0.3 is 0 Å². The van der Waals surface area contributed by atoms with E-state index in [2.05, 4.69) is 10.2 Å². The Morgan fingerprint density at radius 1 is 1.32 bits per heavy atom. The standard InChI is InChI=1S/C17H13N3O4S/c1-20-12-5-4-10(7-11(12)8-15(20)22)13(21)9-25-17-19-18-16(24-17)14-3-2-6-23-14/h2-7H,8-9H2,1H3. The summed E-state index contributed by atoms with van der Waals surface area (Å²) in [5, 5.41) is 8.09. The van der Waals surface area contributed by atoms with Crippen LogP contribution in [0.4, 0.5) is 5.69 Å². The Bertz CT molecular complexity index is 949. The fraction of sp³-hybridized carbons (Fsp3) is 0.176. The molecule has 0 saturated heterocycles. The second-order valence-corrected chi connectivity index (χ2v) is 6.46. The average molecular weight is 355 g/mol. The van der Waals surface area contributed by atoms with Gasteiger partial charge in [0.15, 0.2) is 11.5 Å². The van der Waals surface area contributed by atoms with Crippen molar-refractivity contribution in [3.63, 3.8) is 0 Å². The van der Waals surface area contributed by atoms with Gasteiger partial charge in [-0.1, -0.05) is 11.8 Å². The minimum Gasteiger partial charge on any atom is -0.459 e. The van der Waals surface area contributed by atoms with Crippen molar-refractivity contribution in [1.82, 2.24) is 10.2 Å². The van der Waals surface area contributed by atoms with Gasteiger partial charge in [0, 0.05) is 18.3 Å². The molecule has 2 aromatic heterocycles. The molecule has 25 heavy (non-hydrogen) atoms. The Labute approximate surface area is 147 Å². The van der Waals surface area contributed by atoms with Crippen molar-refractivity contribution >= 4 is 29.1 Å². The summed E-state index contributed by atoms with van der Waals surface area (Å²) in [4.78, 5) is 25.7. The third-order valence-corrected chi connectivity index (χ3v) is 4.76. The molecule has 126 valence electrons. The van der Waals surface area contributed by atoms with E-state index in [0.29, 0.717) is 23.0 Å². The van der Waals surface area contributed by atoms with Crippen LogP contribution in [0.15, 0.2) is 50.7 Å². The Morgan fingerprint density at radius 3 is 3.00 bits per heavy atom. The lowest BCUT2D eigenvalue weighted by Gasteiger charge is -2.10. The summed E-state index contributed by atoms with van der Waals surface area (Å²) in [6.07, 6.45) is 1.85. The first kappa shape index (κ1) is 15.6. The maximum absolute atomic E-state index is 12.4. The van der Waals surface area contributed by atoms with Crippen molar-refractivity contribution in [2.24, 2.45) is 0 Å². The molecule has 4 rings (SSSR count). The van der Waals surface area contributed by atoms with Crippen molar-refractivity contribution in [1.29, 1.82) is 0 Å². The maximum atomic E-state index is 12.4. The monoisotopic (exact) mass is 355 g/mol. The number of furan rings is 1. The minimum atomic E-state index is -0.0625. The zero-order chi connectivity index (χ0) is 17.4. The van der Waals surface area contributed by atoms with E-state index >= 15 is 0 Å². The van der Waals surface area contributed by atoms with Gasteiger partial charge in [0.2, 0.25) is 5.91 Å². The Hall–Kier alpha value is -2.87. The predicted octanol–water partition coefficient (Wildman–Crippen LogP) is 2.82. The summed E-state index contributed by atoms with van der Waals surface area (Å²) in [5.41, 5.74) is 2.30. The lowest BCUT2D eigenvalue weighted by atomic mass is 10.1. The molecule has 0 bridgehead atoms. The highest BCUT2D eigenvalue weighted by Gasteiger charge is 2.24. The molecule has 1 aliphatic rings. The van der Waals surface area contributed by atoms with Crippen LogP contribution < -0.4 is 4.90 Å². The van der Waals surface area contributed by atoms with Crippen molar-refractivity contribution in [3.8, 4) is 11.7 Å². The summed E-state index contributed by atoms with van der Waals surface area (Å²) in [6, 6.07) is 8.77. The number of amides is 1. The number of hydrogen-bond acceptors (Lipinski definition) is 7. The van der Waals surface area contributed by atoms with E-state index in [4.69, 9.17) is 8.83 Å². The molecule has 1 aliphatic heterocycles. The third kappa shape index (κ3) is 2.96. The van der Waals surface area contributed by atoms with Crippen molar-refractivity contribution < 1.29 is 18.4 Å². The van der Waals surface area contributed by atoms with E-state index < -0.39 is 0 Å². The quantitative estimate of drug-likeness (QED) is 0.513. The number of anilines is 1. The molecule has 8 heteroatoms. The number of thioether (sulfide) groups is 1. The van der Waals surface area contributed by atoms with Crippen LogP contribution in [0, 0.1) is 0 Å². The molecule has 0 unspecified atom stereocenters. The number of nitrogens with zero attached hydrogens (tertiary/aromatic N) is 3. The van der Waals surface area contributed by atoms with E-state index in [1.165, 1.54) is 18.0 Å². The average Bonchev–Trinajstić information content (AvgIpc) is 3.34. The van der Waals surface area contributed by atoms with Gasteiger partial charge in [-0.15, -0.1) is 10.2 Å². The minimum absolute atomic E-state index is 0.0327. The highest BCUT2D eigenvalue weighted by Crippen LogP contribution is 2.29. The Balaban J connectivity index is 1.43. The van der Waals surface area contributed by atoms with Crippen LogP contribution in [-0.2, 0) is 11.2 Å². The molecule has 0 fully saturated rings. The second kappa shape index (κ2) is 6.21. The zero-order valence-corrected chi connectivity index (χ0v) is 14.1. The van der Waals surface area contributed by atoms with Crippen LogP contribution in [0.5, 0.6) is 0 Å². The largest absolute Gasteiger partial charge is 0.459 e. The Kier molecular flexibility index (Phi) is 3.89. The predicted molar refractivity (Wildman–Crippen MR) is 90.6 cm³/mol. The first-order valence-corrected chi connectivity index (χ1v) is 8.53. The third-order valence-electron chi connectivity index (χ3n) is 3.94. The van der Waals surface area contributed by atoms with E-state index in [-0.39, 0.29) is 23.3 Å². The number of rotatable bonds is 5. The maximum Gasteiger partial charge on any atom is 0.284 e. The molecule has 3 heterocycles. The van der Waals surface area contributed by atoms with Crippen molar-refractivity contribution in [2.45, 2.75) is 11.6 Å². The molecular weight excluding hydrogens is 342 g/mol. The van der Waals surface area contributed by atoms with E-state index in [9.17, 15) is 9.59 Å². The lowest BCUT2D eigenvalue weighted by molar-refractivity contribution is -0.117. The number of carbonyl (C=O) groups excluding carboxylic acids is 2. The fourth-order valence-electron chi connectivity index (χ4n) is 2.62. The number of benzene rings is 1. The number of carbonyl (C=O) groups is 2. The van der Waals surface area contributed by atoms with Gasteiger partial charge in [-0.3, -0.25) is 9.59 Å². The van der Waals surface area contributed by atoms with Gasteiger partial charge < -0.3 is 13.7 Å². The highest BCUT2D eigenvalue weighted by molar-refractivity contribution is 7.99. The number of likely N-dealkylation sites (N-methyl/N-ethyl adjacent to an activating group) is 1. The fourth-order valence-corrected chi connectivity index (χ4v) is 3.28. The summed E-state index contributed by atoms with van der Waals surface area (Å²) in [5.74, 6) is 0.900. The Morgan fingerprint density at radius 2 is 2.20 bits per heavy atom. The van der Waals surface area contributed by atoms with Gasteiger partial charge in [0.05, 0.1) is 18.4 Å². The summed E-state index contributed by atoms with van der Waals surface area (Å²) in [7, 11) is 1.73. The number of Topliss-reactive ketones (excluding diaryl/α,β-unsaturated/α-hetero) is 1. The van der Waals surface area contributed by atoms with Gasteiger partial charge in [-0.05, 0) is 35.9 Å². The molecule has 0 N–H and O–H groups in total. The van der Waals surface area contributed by atoms with Crippen LogP contribution in [0.25, 0.3) is 11.7 Å². The molecule has 1 aromatic carbocycles. The molecule has 7 nitrogen and oxygen atoms in total. The van der Waals surface area contributed by atoms with Gasteiger partial charge in [0.1, 0.15) is 0 Å². The smallest absolute Gasteiger partial charge is 0.284 e. The normalized spacial score (nSPS) is 13.3. The molecule has 1 amide bonds. The summed E-state index contributed by atoms with van der Waals surface area (Å²) >= 11 is 1.17. The van der Waals surface area contributed by atoms with Gasteiger partial charge in [-0.2, -0.15) is 0 Å². The first-order chi connectivity index (χ1) is 12.1. The highest BCUT2D eigenvalue weighted by atomic mass is 32.2. The molecule has 3 aromatic rings. The van der Waals surface area contributed by atoms with E-state index in [0.717, 1.165) is 11.3 Å². The van der Waals surface area contributed by atoms with Crippen LogP contribution in [0.3, 0.4) is 0 Å². The number of hydrogen-bond donors (Lipinski definition) is 0. The molecule has 0 aliphatic carbocycles. The number of fused-ring (bicyclic) bond motifs is 1. The molecule has 0 saturated carbocycles. The van der Waals surface area contributed by atoms with Crippen LogP contribution in [-0.4, -0.2) is 34.7 Å². The van der Waals surface area contributed by atoms with E-state index in [1.54, 1.807) is 42.3 Å². The zero-order valence-electron chi connectivity index (χ0n) is 13.3. The van der Waals surface area contributed by atoms with Crippen molar-refractivity contribution in [2.75, 3.05) is 17.7 Å². The van der Waals surface area contributed by atoms with Crippen molar-refractivity contribution in [3.05, 3.63) is 47.7 Å². The van der Waals surface area contributed by atoms with E-state index in [1.807, 2.05) is 0 Å². The van der Waals surface area contributed by atoms with Crippen LogP contribution in [0.1, 0.15) is 15.9 Å². The molecular formula is C17H13N3O4S. The number of ketones is 1. The molecule has 0 spiro atoms. The van der Waals surface area contributed by atoms with Gasteiger partial charge in [0.25, 0.3) is 11.1 Å². The van der Waals surface area contributed by atoms with Gasteiger partial charge in [-0.25, -0.2) is 0 Å². The van der Waals surface area contributed by atoms with Crippen LogP contribution >= 0.6 is 11.8 Å². The lowest BCUT2D eigenvalue weighted by Crippen LogP contribution is -2.20. The molecule has 0 radical (unpaired) electrons. The SMILES string of the molecule is CN1C(=O)Cc2cc(C(=O)CSc3nnc(-c4ccco4)o3)ccc21. The number of aromatic nitrogens is 2. The topological polar surface area (TPSA) is 89.4 Å². The first-order valence-electron chi connectivity index (χ1n) is 7.54. The van der Waals surface area contributed by atoms with Crippen LogP contribution in [0.2, 0.25) is 0 Å². The summed E-state index contributed by atoms with van der Waals surface area (Å²) in [6.45, 7) is 0. The molecule has 0 atom stereocenters. The summed E-state index contributed by atoms with van der Waals surface area (Å²) < 4.78 is 10.6. The second-order valence-electron chi connectivity index (χ2n) is 5.54.